The summed E-state index contributed by atoms with van der Waals surface area (Å²) in [5.74, 6) is 1.23. The largest absolute Gasteiger partial charge is 0.497 e. The first-order valence-corrected chi connectivity index (χ1v) is 11.0. The number of para-hydroxylation sites is 1. The highest BCUT2D eigenvalue weighted by Gasteiger charge is 2.28. The highest BCUT2D eigenvalue weighted by Crippen LogP contribution is 2.26. The third kappa shape index (κ3) is 7.29. The molecule has 174 valence electrons. The third-order valence-corrected chi connectivity index (χ3v) is 5.07. The number of nitrogens with one attached hydrogen (secondary N) is 1. The van der Waals surface area contributed by atoms with Crippen molar-refractivity contribution in [3.05, 3.63) is 59.7 Å². The van der Waals surface area contributed by atoms with Gasteiger partial charge < -0.3 is 19.7 Å². The lowest BCUT2D eigenvalue weighted by atomic mass is 10.0. The summed E-state index contributed by atoms with van der Waals surface area (Å²) in [4.78, 5) is 27.6. The molecule has 0 saturated carbocycles. The second-order valence-electron chi connectivity index (χ2n) is 9.27. The minimum atomic E-state index is -0.659. The maximum absolute atomic E-state index is 13.2. The van der Waals surface area contributed by atoms with E-state index in [1.807, 2.05) is 69.3 Å². The second kappa shape index (κ2) is 11.0. The number of hydrogen-bond donors (Lipinski definition) is 1. The van der Waals surface area contributed by atoms with Gasteiger partial charge in [-0.2, -0.15) is 0 Å². The molecule has 2 rings (SSSR count). The predicted octanol–water partition coefficient (Wildman–Crippen LogP) is 4.53. The number of benzene rings is 2. The lowest BCUT2D eigenvalue weighted by Crippen LogP contribution is -2.53. The van der Waals surface area contributed by atoms with Crippen molar-refractivity contribution in [1.82, 2.24) is 10.2 Å². The van der Waals surface area contributed by atoms with Gasteiger partial charge in [0.2, 0.25) is 5.91 Å². The summed E-state index contributed by atoms with van der Waals surface area (Å²) < 4.78 is 11.1. The molecule has 0 aliphatic carbocycles. The zero-order chi connectivity index (χ0) is 23.9. The van der Waals surface area contributed by atoms with Gasteiger partial charge in [0, 0.05) is 12.1 Å². The molecular weight excluding hydrogens is 404 g/mol. The van der Waals surface area contributed by atoms with Gasteiger partial charge in [0.25, 0.3) is 5.91 Å². The Morgan fingerprint density at radius 1 is 1.00 bits per heavy atom. The molecule has 2 amide bonds. The average Bonchev–Trinajstić information content (AvgIpc) is 2.74. The van der Waals surface area contributed by atoms with Gasteiger partial charge in [0.05, 0.1) is 7.11 Å². The van der Waals surface area contributed by atoms with E-state index in [0.29, 0.717) is 5.75 Å². The molecule has 0 bridgehead atoms. The quantitative estimate of drug-likeness (QED) is 0.622. The van der Waals surface area contributed by atoms with Crippen LogP contribution in [0.1, 0.15) is 58.6 Å². The molecular formula is C26H36N2O4. The molecule has 0 aliphatic heterocycles. The number of carbonyl (C=O) groups excluding carboxylic acids is 2. The van der Waals surface area contributed by atoms with Crippen molar-refractivity contribution in [2.24, 2.45) is 0 Å². The number of hydrogen-bond acceptors (Lipinski definition) is 4. The fourth-order valence-corrected chi connectivity index (χ4v) is 3.30. The molecule has 0 saturated heterocycles. The molecule has 0 fully saturated rings. The lowest BCUT2D eigenvalue weighted by Gasteiger charge is -2.31. The van der Waals surface area contributed by atoms with E-state index in [1.165, 1.54) is 0 Å². The van der Waals surface area contributed by atoms with Crippen molar-refractivity contribution in [3.63, 3.8) is 0 Å². The summed E-state index contributed by atoms with van der Waals surface area (Å²) in [7, 11) is 1.61. The van der Waals surface area contributed by atoms with Crippen LogP contribution in [0, 0.1) is 0 Å². The molecule has 6 nitrogen and oxygen atoms in total. The number of nitrogens with zero attached hydrogens (tertiary/aromatic N) is 1. The smallest absolute Gasteiger partial charge is 0.261 e. The van der Waals surface area contributed by atoms with Gasteiger partial charge in [-0.15, -0.1) is 0 Å². The lowest BCUT2D eigenvalue weighted by molar-refractivity contribution is -0.142. The Morgan fingerprint density at radius 3 is 2.19 bits per heavy atom. The second-order valence-corrected chi connectivity index (χ2v) is 9.27. The molecule has 1 atom stereocenters. The summed E-state index contributed by atoms with van der Waals surface area (Å²) in [6.07, 6.45) is 0. The molecule has 0 aromatic heterocycles. The summed E-state index contributed by atoms with van der Waals surface area (Å²) in [5, 5.41) is 2.96. The number of ether oxygens (including phenoxy) is 2. The number of carbonyl (C=O) groups is 2. The molecule has 32 heavy (non-hydrogen) atoms. The van der Waals surface area contributed by atoms with E-state index in [0.717, 1.165) is 16.9 Å². The van der Waals surface area contributed by atoms with Crippen molar-refractivity contribution in [2.45, 2.75) is 65.6 Å². The third-order valence-electron chi connectivity index (χ3n) is 5.07. The Kier molecular flexibility index (Phi) is 8.70. The van der Waals surface area contributed by atoms with Crippen molar-refractivity contribution in [3.8, 4) is 11.5 Å². The van der Waals surface area contributed by atoms with Gasteiger partial charge in [-0.1, -0.05) is 44.2 Å². The topological polar surface area (TPSA) is 67.9 Å². The standard InChI is InChI=1S/C26H36N2O4/c1-18(2)22-10-8-9-11-23(22)32-17-24(29)28(19(3)25(30)27-26(4,5)6)16-20-12-14-21(31-7)15-13-20/h8-15,18-19H,16-17H2,1-7H3,(H,27,30)/t19-/m1/s1. The predicted molar refractivity (Wildman–Crippen MR) is 127 cm³/mol. The Bertz CT molecular complexity index is 901. The molecule has 2 aromatic carbocycles. The van der Waals surface area contributed by atoms with Crippen molar-refractivity contribution < 1.29 is 19.1 Å². The van der Waals surface area contributed by atoms with E-state index in [1.54, 1.807) is 18.9 Å². The van der Waals surface area contributed by atoms with Crippen LogP contribution >= 0.6 is 0 Å². The fourth-order valence-electron chi connectivity index (χ4n) is 3.30. The van der Waals surface area contributed by atoms with Crippen LogP contribution in [0.25, 0.3) is 0 Å². The number of methoxy groups -OCH3 is 1. The van der Waals surface area contributed by atoms with Gasteiger partial charge in [-0.05, 0) is 62.9 Å². The van der Waals surface area contributed by atoms with Gasteiger partial charge in [-0.25, -0.2) is 0 Å². The average molecular weight is 441 g/mol. The fraction of sp³-hybridized carbons (Fsp3) is 0.462. The van der Waals surface area contributed by atoms with Gasteiger partial charge in [0.1, 0.15) is 17.5 Å². The van der Waals surface area contributed by atoms with Crippen LogP contribution in [0.15, 0.2) is 48.5 Å². The van der Waals surface area contributed by atoms with Crippen LogP contribution in [0.5, 0.6) is 11.5 Å². The van der Waals surface area contributed by atoms with E-state index in [2.05, 4.69) is 19.2 Å². The van der Waals surface area contributed by atoms with Crippen molar-refractivity contribution >= 4 is 11.8 Å². The van der Waals surface area contributed by atoms with Crippen LogP contribution in [0.2, 0.25) is 0 Å². The molecule has 0 heterocycles. The van der Waals surface area contributed by atoms with Crippen LogP contribution < -0.4 is 14.8 Å². The molecule has 6 heteroatoms. The van der Waals surface area contributed by atoms with Gasteiger partial charge in [0.15, 0.2) is 6.61 Å². The van der Waals surface area contributed by atoms with E-state index in [-0.39, 0.29) is 30.9 Å². The van der Waals surface area contributed by atoms with Crippen molar-refractivity contribution in [2.75, 3.05) is 13.7 Å². The van der Waals surface area contributed by atoms with Gasteiger partial charge >= 0.3 is 0 Å². The monoisotopic (exact) mass is 440 g/mol. The molecule has 0 unspecified atom stereocenters. The Morgan fingerprint density at radius 2 is 1.62 bits per heavy atom. The summed E-state index contributed by atoms with van der Waals surface area (Å²) in [6, 6.07) is 14.5. The SMILES string of the molecule is COc1ccc(CN(C(=O)COc2ccccc2C(C)C)[C@H](C)C(=O)NC(C)(C)C)cc1. The van der Waals surface area contributed by atoms with Crippen LogP contribution in [-0.4, -0.2) is 42.0 Å². The maximum atomic E-state index is 13.2. The minimum Gasteiger partial charge on any atom is -0.497 e. The van der Waals surface area contributed by atoms with Crippen molar-refractivity contribution in [1.29, 1.82) is 0 Å². The first-order valence-electron chi connectivity index (χ1n) is 11.0. The van der Waals surface area contributed by atoms with E-state index in [4.69, 9.17) is 9.47 Å². The van der Waals surface area contributed by atoms with E-state index >= 15 is 0 Å². The molecule has 0 aliphatic rings. The molecule has 0 radical (unpaired) electrons. The molecule has 1 N–H and O–H groups in total. The van der Waals surface area contributed by atoms with Gasteiger partial charge in [-0.3, -0.25) is 9.59 Å². The molecule has 0 spiro atoms. The highest BCUT2D eigenvalue weighted by molar-refractivity contribution is 5.88. The van der Waals surface area contributed by atoms with Crippen LogP contribution in [0.3, 0.4) is 0 Å². The summed E-state index contributed by atoms with van der Waals surface area (Å²) >= 11 is 0. The Hall–Kier alpha value is -3.02. The van der Waals surface area contributed by atoms with E-state index < -0.39 is 11.6 Å². The first kappa shape index (κ1) is 25.2. The summed E-state index contributed by atoms with van der Waals surface area (Å²) in [5.41, 5.74) is 1.55. The highest BCUT2D eigenvalue weighted by atomic mass is 16.5. The van der Waals surface area contributed by atoms with Crippen LogP contribution in [0.4, 0.5) is 0 Å². The first-order chi connectivity index (χ1) is 15.0. The maximum Gasteiger partial charge on any atom is 0.261 e. The number of rotatable bonds is 9. The zero-order valence-electron chi connectivity index (χ0n) is 20.3. The van der Waals surface area contributed by atoms with Crippen LogP contribution in [-0.2, 0) is 16.1 Å². The normalized spacial score (nSPS) is 12.2. The Balaban J connectivity index is 2.22. The van der Waals surface area contributed by atoms with E-state index in [9.17, 15) is 9.59 Å². The number of amides is 2. The minimum absolute atomic E-state index is 0.146. The zero-order valence-corrected chi connectivity index (χ0v) is 20.3. The summed E-state index contributed by atoms with van der Waals surface area (Å²) in [6.45, 7) is 11.8. The Labute approximate surface area is 191 Å². The molecule has 2 aromatic rings.